The van der Waals surface area contributed by atoms with Gasteiger partial charge >= 0.3 is 5.97 Å². The molecule has 8 heteroatoms. The topological polar surface area (TPSA) is 122 Å². The number of ether oxygens (including phenoxy) is 1. The Morgan fingerprint density at radius 3 is 2.68 bits per heavy atom. The monoisotopic (exact) mass is 321 g/mol. The lowest BCUT2D eigenvalue weighted by molar-refractivity contribution is -0.147. The Morgan fingerprint density at radius 2 is 2.18 bits per heavy atom. The molecule has 0 aliphatic carbocycles. The lowest BCUT2D eigenvalue weighted by Gasteiger charge is -2.08. The molecule has 0 spiro atoms. The summed E-state index contributed by atoms with van der Waals surface area (Å²) in [4.78, 5) is 36.2. The highest BCUT2D eigenvalue weighted by Gasteiger charge is 2.21. The van der Waals surface area contributed by atoms with Crippen LogP contribution >= 0.6 is 11.3 Å². The number of nitrogens with zero attached hydrogens (tertiary/aromatic N) is 1. The molecule has 1 aromatic rings. The van der Waals surface area contributed by atoms with Crippen molar-refractivity contribution >= 4 is 29.0 Å². The number of esters is 1. The fourth-order valence-corrected chi connectivity index (χ4v) is 2.23. The van der Waals surface area contributed by atoms with Crippen LogP contribution in [0.5, 0.6) is 0 Å². The first-order chi connectivity index (χ1) is 10.3. The van der Waals surface area contributed by atoms with Crippen LogP contribution in [0.15, 0.2) is 24.4 Å². The third kappa shape index (κ3) is 5.03. The van der Waals surface area contributed by atoms with Crippen molar-refractivity contribution in [2.75, 3.05) is 13.2 Å². The molecule has 116 valence electrons. The van der Waals surface area contributed by atoms with Crippen molar-refractivity contribution in [2.45, 2.75) is 6.92 Å². The third-order valence-corrected chi connectivity index (χ3v) is 3.55. The molecule has 1 aromatic heterocycles. The molecule has 0 fully saturated rings. The minimum atomic E-state index is -1.21. The lowest BCUT2D eigenvalue weighted by atomic mass is 10.0. The number of ketones is 1. The quantitative estimate of drug-likeness (QED) is 0.706. The molecule has 0 saturated carbocycles. The van der Waals surface area contributed by atoms with Gasteiger partial charge in [0.2, 0.25) is 0 Å². The average Bonchev–Trinajstić information content (AvgIpc) is 2.89. The van der Waals surface area contributed by atoms with Gasteiger partial charge in [0.15, 0.2) is 12.4 Å². The summed E-state index contributed by atoms with van der Waals surface area (Å²) in [6.45, 7) is 4.20. The molecule has 0 aliphatic heterocycles. The first kappa shape index (κ1) is 17.4. The molecule has 0 unspecified atom stereocenters. The zero-order valence-electron chi connectivity index (χ0n) is 11.9. The zero-order valence-corrected chi connectivity index (χ0v) is 12.7. The summed E-state index contributed by atoms with van der Waals surface area (Å²) < 4.78 is 4.68. The van der Waals surface area contributed by atoms with Crippen LogP contribution < -0.4 is 11.1 Å². The van der Waals surface area contributed by atoms with Crippen molar-refractivity contribution < 1.29 is 19.1 Å². The van der Waals surface area contributed by atoms with Crippen LogP contribution in [0.1, 0.15) is 14.5 Å². The summed E-state index contributed by atoms with van der Waals surface area (Å²) in [6, 6.07) is 5.10. The molecule has 0 aromatic carbocycles. The van der Waals surface area contributed by atoms with E-state index in [9.17, 15) is 14.4 Å². The van der Waals surface area contributed by atoms with E-state index in [-0.39, 0.29) is 12.2 Å². The molecule has 7 nitrogen and oxygen atoms in total. The van der Waals surface area contributed by atoms with E-state index >= 15 is 0 Å². The molecular weight excluding hydrogens is 306 g/mol. The van der Waals surface area contributed by atoms with E-state index in [1.54, 1.807) is 18.2 Å². The van der Waals surface area contributed by atoms with Crippen LogP contribution in [-0.4, -0.2) is 30.8 Å². The van der Waals surface area contributed by atoms with E-state index in [0.717, 1.165) is 4.88 Å². The maximum absolute atomic E-state index is 11.7. The number of rotatable bonds is 7. The second kappa shape index (κ2) is 7.95. The number of nitriles is 1. The normalized spacial score (nSPS) is 11.1. The number of thiophene rings is 1. The summed E-state index contributed by atoms with van der Waals surface area (Å²) >= 11 is 1.30. The largest absolute Gasteiger partial charge is 0.456 e. The van der Waals surface area contributed by atoms with E-state index in [4.69, 9.17) is 11.0 Å². The molecule has 3 N–H and O–H groups in total. The number of Topliss-reactive ketones (excluding diaryl/α,β-unsaturated/α-hetero) is 1. The van der Waals surface area contributed by atoms with Gasteiger partial charge in [-0.05, 0) is 19.1 Å². The van der Waals surface area contributed by atoms with Gasteiger partial charge in [0.05, 0.1) is 10.9 Å². The predicted octanol–water partition coefficient (Wildman–Crippen LogP) is 0.511. The summed E-state index contributed by atoms with van der Waals surface area (Å²) in [5, 5.41) is 11.1. The molecule has 22 heavy (non-hydrogen) atoms. The molecule has 1 atom stereocenters. The van der Waals surface area contributed by atoms with E-state index in [1.165, 1.54) is 11.3 Å². The molecule has 0 saturated heterocycles. The standard InChI is InChI=1S/C14H15N3O4S/c1-8-3-4-12(22-8)14(20)17-6-13(19)21-7-11(18)10(5-15)9(2)16/h3-4,10H,2,6-7,16H2,1H3,(H,17,20)/t10-/m0/s1. The minimum Gasteiger partial charge on any atom is -0.456 e. The number of nitrogens with one attached hydrogen (secondary N) is 1. The lowest BCUT2D eigenvalue weighted by Crippen LogP contribution is -2.32. The third-order valence-electron chi connectivity index (χ3n) is 2.55. The van der Waals surface area contributed by atoms with Gasteiger partial charge in [-0.2, -0.15) is 5.26 Å². The molecule has 0 bridgehead atoms. The van der Waals surface area contributed by atoms with Crippen molar-refractivity contribution in [1.29, 1.82) is 5.26 Å². The van der Waals surface area contributed by atoms with Crippen LogP contribution in [0.2, 0.25) is 0 Å². The minimum absolute atomic E-state index is 0.107. The Bertz CT molecular complexity index is 645. The van der Waals surface area contributed by atoms with E-state index < -0.39 is 30.2 Å². The number of carbonyl (C=O) groups excluding carboxylic acids is 3. The highest BCUT2D eigenvalue weighted by molar-refractivity contribution is 7.13. The van der Waals surface area contributed by atoms with E-state index in [2.05, 4.69) is 16.6 Å². The number of hydrogen-bond acceptors (Lipinski definition) is 7. The number of allylic oxidation sites excluding steroid dienone is 1. The summed E-state index contributed by atoms with van der Waals surface area (Å²) in [6.07, 6.45) is 0. The molecule has 0 aliphatic rings. The van der Waals surface area contributed by atoms with Crippen LogP contribution in [0.4, 0.5) is 0 Å². The number of amides is 1. The van der Waals surface area contributed by atoms with Crippen molar-refractivity contribution in [3.8, 4) is 6.07 Å². The fraction of sp³-hybridized carbons (Fsp3) is 0.286. The Kier molecular flexibility index (Phi) is 6.28. The predicted molar refractivity (Wildman–Crippen MR) is 79.8 cm³/mol. The molecule has 1 amide bonds. The van der Waals surface area contributed by atoms with Gasteiger partial charge < -0.3 is 15.8 Å². The second-order valence-corrected chi connectivity index (χ2v) is 5.64. The summed E-state index contributed by atoms with van der Waals surface area (Å²) in [7, 11) is 0. The van der Waals surface area contributed by atoms with Crippen LogP contribution in [0.3, 0.4) is 0 Å². The Labute approximate surface area is 131 Å². The first-order valence-corrected chi connectivity index (χ1v) is 7.03. The maximum atomic E-state index is 11.7. The van der Waals surface area contributed by atoms with Gasteiger partial charge in [-0.25, -0.2) is 0 Å². The second-order valence-electron chi connectivity index (χ2n) is 4.36. The summed E-state index contributed by atoms with van der Waals surface area (Å²) in [5.74, 6) is -3.05. The number of carbonyl (C=O) groups is 3. The van der Waals surface area contributed by atoms with Gasteiger partial charge in [0, 0.05) is 10.6 Å². The molecule has 1 rings (SSSR count). The van der Waals surface area contributed by atoms with Crippen molar-refractivity contribution in [3.05, 3.63) is 34.2 Å². The molecular formula is C14H15N3O4S. The number of aryl methyl sites for hydroxylation is 1. The van der Waals surface area contributed by atoms with Gasteiger partial charge in [0.25, 0.3) is 5.91 Å². The first-order valence-electron chi connectivity index (χ1n) is 6.22. The van der Waals surface area contributed by atoms with E-state index in [1.807, 2.05) is 6.92 Å². The Morgan fingerprint density at radius 1 is 1.50 bits per heavy atom. The van der Waals surface area contributed by atoms with Gasteiger partial charge in [-0.3, -0.25) is 14.4 Å². The van der Waals surface area contributed by atoms with Crippen molar-refractivity contribution in [3.63, 3.8) is 0 Å². The average molecular weight is 321 g/mol. The van der Waals surface area contributed by atoms with Crippen molar-refractivity contribution in [1.82, 2.24) is 5.32 Å². The molecule has 1 heterocycles. The van der Waals surface area contributed by atoms with Crippen molar-refractivity contribution in [2.24, 2.45) is 11.7 Å². The Balaban J connectivity index is 2.38. The van der Waals surface area contributed by atoms with Crippen LogP contribution in [0.25, 0.3) is 0 Å². The molecule has 0 radical (unpaired) electrons. The smallest absolute Gasteiger partial charge is 0.325 e. The number of nitrogens with two attached hydrogens (primary N) is 1. The highest BCUT2D eigenvalue weighted by Crippen LogP contribution is 2.14. The highest BCUT2D eigenvalue weighted by atomic mass is 32.1. The summed E-state index contributed by atoms with van der Waals surface area (Å²) in [5.41, 5.74) is 5.18. The van der Waals surface area contributed by atoms with Crippen LogP contribution in [-0.2, 0) is 14.3 Å². The SMILES string of the molecule is C=C(N)[C@H](C#N)C(=O)COC(=O)CNC(=O)c1ccc(C)s1. The Hall–Kier alpha value is -2.66. The van der Waals surface area contributed by atoms with Gasteiger partial charge in [-0.15, -0.1) is 11.3 Å². The van der Waals surface area contributed by atoms with Gasteiger partial charge in [0.1, 0.15) is 12.5 Å². The van der Waals surface area contributed by atoms with E-state index in [0.29, 0.717) is 4.88 Å². The number of hydrogen-bond donors (Lipinski definition) is 2. The fourth-order valence-electron chi connectivity index (χ4n) is 1.44. The maximum Gasteiger partial charge on any atom is 0.325 e. The van der Waals surface area contributed by atoms with Gasteiger partial charge in [-0.1, -0.05) is 6.58 Å². The van der Waals surface area contributed by atoms with Crippen LogP contribution in [0, 0.1) is 24.2 Å². The zero-order chi connectivity index (χ0) is 16.7.